The van der Waals surface area contributed by atoms with Gasteiger partial charge in [-0.25, -0.2) is 4.98 Å². The molecule has 10 heteroatoms. The molecule has 2 heterocycles. The summed E-state index contributed by atoms with van der Waals surface area (Å²) in [6.07, 6.45) is 8.18. The molecular weight excluding hydrogens is 496 g/mol. The second kappa shape index (κ2) is 9.03. The lowest BCUT2D eigenvalue weighted by Crippen LogP contribution is -2.28. The first-order valence-electron chi connectivity index (χ1n) is 11.0. The summed E-state index contributed by atoms with van der Waals surface area (Å²) in [4.78, 5) is 14.2. The van der Waals surface area contributed by atoms with Crippen molar-refractivity contribution in [1.29, 1.82) is 0 Å². The number of benzene rings is 1. The monoisotopic (exact) mass is 520 g/mol. The van der Waals surface area contributed by atoms with Crippen LogP contribution in [0, 0.1) is 5.92 Å². The fourth-order valence-corrected chi connectivity index (χ4v) is 4.91. The van der Waals surface area contributed by atoms with E-state index in [-0.39, 0.29) is 6.61 Å². The van der Waals surface area contributed by atoms with Crippen molar-refractivity contribution >= 4 is 56.1 Å². The Hall–Kier alpha value is -2.10. The molecule has 2 fully saturated rings. The Bertz CT molecular complexity index is 1130. The van der Waals surface area contributed by atoms with E-state index < -0.39 is 0 Å². The minimum Gasteiger partial charge on any atom is -0.495 e. The molecule has 2 aliphatic rings. The van der Waals surface area contributed by atoms with Gasteiger partial charge in [0.2, 0.25) is 5.95 Å². The number of nitrogens with one attached hydrogen (secondary N) is 2. The zero-order valence-electron chi connectivity index (χ0n) is 17.8. The molecule has 3 aromatic rings. The topological polar surface area (TPSA) is 97.1 Å². The van der Waals surface area contributed by atoms with Crippen molar-refractivity contribution in [2.75, 3.05) is 24.4 Å². The number of hydrogen-bond donors (Lipinski definition) is 3. The molecule has 8 nitrogen and oxygen atoms in total. The van der Waals surface area contributed by atoms with Crippen molar-refractivity contribution in [3.05, 3.63) is 28.0 Å². The molecule has 5 rings (SSSR count). The van der Waals surface area contributed by atoms with E-state index >= 15 is 0 Å². The first-order chi connectivity index (χ1) is 15.6. The lowest BCUT2D eigenvalue weighted by molar-refractivity contribution is 0.185. The highest BCUT2D eigenvalue weighted by atomic mass is 79.9. The summed E-state index contributed by atoms with van der Waals surface area (Å²) in [6.45, 7) is 0.268. The fourth-order valence-electron chi connectivity index (χ4n) is 4.28. The fraction of sp³-hybridized carbons (Fsp3) is 0.500. The zero-order chi connectivity index (χ0) is 22.2. The van der Waals surface area contributed by atoms with Crippen molar-refractivity contribution in [3.63, 3.8) is 0 Å². The molecule has 2 saturated carbocycles. The number of nitrogens with zero attached hydrogens (tertiary/aromatic N) is 4. The number of fused-ring (bicyclic) bond motifs is 1. The highest BCUT2D eigenvalue weighted by molar-refractivity contribution is 9.10. The molecule has 0 saturated heterocycles. The van der Waals surface area contributed by atoms with Gasteiger partial charge in [-0.3, -0.25) is 0 Å². The minimum atomic E-state index is 0.268. The smallest absolute Gasteiger partial charge is 0.227 e. The quantitative estimate of drug-likeness (QED) is 0.388. The molecule has 0 atom stereocenters. The van der Waals surface area contributed by atoms with Gasteiger partial charge in [-0.2, -0.15) is 9.97 Å². The van der Waals surface area contributed by atoms with Crippen molar-refractivity contribution in [1.82, 2.24) is 19.5 Å². The Balaban J connectivity index is 1.48. The zero-order valence-corrected chi connectivity index (χ0v) is 20.2. The van der Waals surface area contributed by atoms with Crippen molar-refractivity contribution in [2.45, 2.75) is 50.6 Å². The molecule has 0 amide bonds. The Kier molecular flexibility index (Phi) is 6.14. The number of imidazole rings is 1. The van der Waals surface area contributed by atoms with Crippen LogP contribution in [0.2, 0.25) is 5.02 Å². The number of aromatic nitrogens is 4. The van der Waals surface area contributed by atoms with Gasteiger partial charge in [0.25, 0.3) is 0 Å². The summed E-state index contributed by atoms with van der Waals surface area (Å²) < 4.78 is 8.27. The van der Waals surface area contributed by atoms with Gasteiger partial charge in [-0.15, -0.1) is 0 Å². The molecular formula is C22H26BrClN6O2. The summed E-state index contributed by atoms with van der Waals surface area (Å²) in [5, 5.41) is 16.8. The average Bonchev–Trinajstić information content (AvgIpc) is 3.55. The summed E-state index contributed by atoms with van der Waals surface area (Å²) >= 11 is 9.78. The maximum atomic E-state index is 9.42. The lowest BCUT2D eigenvalue weighted by Gasteiger charge is -2.28. The van der Waals surface area contributed by atoms with Gasteiger partial charge in [0.15, 0.2) is 17.0 Å². The number of methoxy groups -OCH3 is 1. The third kappa shape index (κ3) is 4.38. The number of halogens is 2. The van der Waals surface area contributed by atoms with Gasteiger partial charge in [0, 0.05) is 34.9 Å². The second-order valence-electron chi connectivity index (χ2n) is 8.59. The van der Waals surface area contributed by atoms with E-state index in [1.54, 1.807) is 7.11 Å². The Morgan fingerprint density at radius 2 is 1.97 bits per heavy atom. The number of rotatable bonds is 7. The molecule has 0 spiro atoms. The summed E-state index contributed by atoms with van der Waals surface area (Å²) in [5.41, 5.74) is 2.35. The molecule has 3 N–H and O–H groups in total. The van der Waals surface area contributed by atoms with Crippen LogP contribution >= 0.6 is 27.5 Å². The van der Waals surface area contributed by atoms with Gasteiger partial charge in [-0.1, -0.05) is 11.6 Å². The maximum Gasteiger partial charge on any atom is 0.227 e. The molecule has 0 radical (unpaired) electrons. The van der Waals surface area contributed by atoms with Gasteiger partial charge in [0.1, 0.15) is 5.75 Å². The molecule has 0 unspecified atom stereocenters. The number of aliphatic hydroxyl groups is 1. The molecule has 2 aliphatic carbocycles. The number of anilines is 3. The van der Waals surface area contributed by atoms with E-state index in [2.05, 4.69) is 36.1 Å². The number of ether oxygens (including phenoxy) is 1. The summed E-state index contributed by atoms with van der Waals surface area (Å²) in [7, 11) is 1.59. The van der Waals surface area contributed by atoms with Crippen LogP contribution in [0.15, 0.2) is 22.9 Å². The second-order valence-corrected chi connectivity index (χ2v) is 9.83. The SMILES string of the molecule is COc1cc(Nc2nc(NC3CCC(CO)CC3)nc3c2ncn3C2CC2)cc(Br)c1Cl. The summed E-state index contributed by atoms with van der Waals surface area (Å²) in [5.74, 6) is 2.20. The van der Waals surface area contributed by atoms with Gasteiger partial charge in [0.05, 0.1) is 18.5 Å². The first kappa shape index (κ1) is 21.7. The number of aliphatic hydroxyl groups excluding tert-OH is 1. The van der Waals surface area contributed by atoms with E-state index in [0.29, 0.717) is 40.5 Å². The van der Waals surface area contributed by atoms with Crippen LogP contribution in [0.3, 0.4) is 0 Å². The van der Waals surface area contributed by atoms with Crippen LogP contribution in [-0.2, 0) is 0 Å². The Labute approximate surface area is 199 Å². The van der Waals surface area contributed by atoms with Crippen LogP contribution in [0.5, 0.6) is 5.75 Å². The molecule has 0 aliphatic heterocycles. The highest BCUT2D eigenvalue weighted by Crippen LogP contribution is 2.39. The highest BCUT2D eigenvalue weighted by Gasteiger charge is 2.28. The third-order valence-corrected chi connectivity index (χ3v) is 7.52. The van der Waals surface area contributed by atoms with E-state index in [1.165, 1.54) is 0 Å². The van der Waals surface area contributed by atoms with Crippen molar-refractivity contribution < 1.29 is 9.84 Å². The van der Waals surface area contributed by atoms with E-state index in [1.807, 2.05) is 18.5 Å². The predicted octanol–water partition coefficient (Wildman–Crippen LogP) is 5.29. The van der Waals surface area contributed by atoms with E-state index in [0.717, 1.165) is 59.8 Å². The van der Waals surface area contributed by atoms with Crippen LogP contribution in [0.4, 0.5) is 17.5 Å². The minimum absolute atomic E-state index is 0.268. The standard InChI is InChI=1S/C22H26BrClN6O2/c1-32-17-9-14(8-16(23)18(17)24)26-20-19-21(30(11-25-19)15-6-7-15)29-22(28-20)27-13-4-2-12(10-31)3-5-13/h8-9,11-13,15,31H,2-7,10H2,1H3,(H2,26,27,28,29). The normalized spacial score (nSPS) is 21.0. The molecule has 32 heavy (non-hydrogen) atoms. The first-order valence-corrected chi connectivity index (χ1v) is 12.1. The van der Waals surface area contributed by atoms with Crippen LogP contribution in [0.1, 0.15) is 44.6 Å². The van der Waals surface area contributed by atoms with Crippen molar-refractivity contribution in [2.24, 2.45) is 5.92 Å². The largest absolute Gasteiger partial charge is 0.495 e. The lowest BCUT2D eigenvalue weighted by atomic mass is 9.87. The number of hydrogen-bond acceptors (Lipinski definition) is 7. The maximum absolute atomic E-state index is 9.42. The Morgan fingerprint density at radius 3 is 2.66 bits per heavy atom. The molecule has 2 aromatic heterocycles. The summed E-state index contributed by atoms with van der Waals surface area (Å²) in [6, 6.07) is 4.48. The van der Waals surface area contributed by atoms with Crippen LogP contribution in [0.25, 0.3) is 11.2 Å². The average molecular weight is 522 g/mol. The predicted molar refractivity (Wildman–Crippen MR) is 129 cm³/mol. The molecule has 1 aromatic carbocycles. The molecule has 170 valence electrons. The Morgan fingerprint density at radius 1 is 1.19 bits per heavy atom. The van der Waals surface area contributed by atoms with Crippen LogP contribution < -0.4 is 15.4 Å². The molecule has 0 bridgehead atoms. The van der Waals surface area contributed by atoms with E-state index in [9.17, 15) is 5.11 Å². The van der Waals surface area contributed by atoms with Gasteiger partial charge < -0.3 is 25.0 Å². The van der Waals surface area contributed by atoms with Gasteiger partial charge in [-0.05, 0) is 66.4 Å². The van der Waals surface area contributed by atoms with E-state index in [4.69, 9.17) is 26.3 Å². The van der Waals surface area contributed by atoms with Gasteiger partial charge >= 0.3 is 0 Å². The third-order valence-electron chi connectivity index (χ3n) is 6.28. The van der Waals surface area contributed by atoms with Crippen molar-refractivity contribution in [3.8, 4) is 5.75 Å². The van der Waals surface area contributed by atoms with Crippen LogP contribution in [-0.4, -0.2) is 44.4 Å².